The lowest BCUT2D eigenvalue weighted by Crippen LogP contribution is -2.35. The van der Waals surface area contributed by atoms with Crippen LogP contribution in [0.3, 0.4) is 0 Å². The number of aryl methyl sites for hydroxylation is 2. The van der Waals surface area contributed by atoms with Gasteiger partial charge in [0.1, 0.15) is 5.01 Å². The summed E-state index contributed by atoms with van der Waals surface area (Å²) in [6.07, 6.45) is 5.39. The maximum Gasteiger partial charge on any atom is 0.208 e. The van der Waals surface area contributed by atoms with Crippen LogP contribution in [0.4, 0.5) is 5.13 Å². The summed E-state index contributed by atoms with van der Waals surface area (Å²) in [6, 6.07) is 11.0. The molecule has 3 aliphatic rings. The molecule has 1 aromatic heterocycles. The second kappa shape index (κ2) is 6.61. The summed E-state index contributed by atoms with van der Waals surface area (Å²) in [6.45, 7) is 8.25. The van der Waals surface area contributed by atoms with Gasteiger partial charge in [0.05, 0.1) is 0 Å². The van der Waals surface area contributed by atoms with Crippen LogP contribution in [0.15, 0.2) is 30.3 Å². The molecular weight excluding hydrogens is 340 g/mol. The fourth-order valence-corrected chi connectivity index (χ4v) is 5.75. The molecule has 26 heavy (non-hydrogen) atoms. The SMILES string of the molecule is Cc1nnc(N2CC3CN(CC4CC4)CC3(CCc3ccccc3)C2)s1. The van der Waals surface area contributed by atoms with E-state index in [1.165, 1.54) is 50.9 Å². The van der Waals surface area contributed by atoms with Crippen LogP contribution in [-0.2, 0) is 6.42 Å². The third kappa shape index (κ3) is 3.27. The van der Waals surface area contributed by atoms with Crippen molar-refractivity contribution in [2.24, 2.45) is 17.3 Å². The molecule has 2 aliphatic heterocycles. The summed E-state index contributed by atoms with van der Waals surface area (Å²) in [5.74, 6) is 1.76. The van der Waals surface area contributed by atoms with Crippen LogP contribution in [0.1, 0.15) is 29.8 Å². The summed E-state index contributed by atoms with van der Waals surface area (Å²) < 4.78 is 0. The third-order valence-corrected chi connectivity index (χ3v) is 7.48. The van der Waals surface area contributed by atoms with E-state index >= 15 is 0 Å². The minimum atomic E-state index is 0.421. The van der Waals surface area contributed by atoms with Gasteiger partial charge in [0.2, 0.25) is 5.13 Å². The molecule has 2 atom stereocenters. The number of benzene rings is 1. The molecule has 0 bridgehead atoms. The first-order valence-electron chi connectivity index (χ1n) is 10.0. The van der Waals surface area contributed by atoms with Gasteiger partial charge in [-0.25, -0.2) is 0 Å². The molecule has 0 radical (unpaired) electrons. The average Bonchev–Trinajstić information content (AvgIpc) is 3.08. The summed E-state index contributed by atoms with van der Waals surface area (Å²) >= 11 is 1.75. The summed E-state index contributed by atoms with van der Waals surface area (Å²) in [4.78, 5) is 5.30. The zero-order chi connectivity index (χ0) is 17.6. The Morgan fingerprint density at radius 1 is 1.12 bits per heavy atom. The lowest BCUT2D eigenvalue weighted by molar-refractivity contribution is 0.240. The smallest absolute Gasteiger partial charge is 0.208 e. The zero-order valence-electron chi connectivity index (χ0n) is 15.6. The van der Waals surface area contributed by atoms with E-state index in [2.05, 4.69) is 57.3 Å². The number of hydrogen-bond donors (Lipinski definition) is 0. The van der Waals surface area contributed by atoms with Gasteiger partial charge in [0.25, 0.3) is 0 Å². The van der Waals surface area contributed by atoms with Crippen LogP contribution >= 0.6 is 11.3 Å². The van der Waals surface area contributed by atoms with Crippen molar-refractivity contribution in [1.82, 2.24) is 15.1 Å². The molecular formula is C21H28N4S. The molecule has 2 saturated heterocycles. The minimum absolute atomic E-state index is 0.421. The lowest BCUT2D eigenvalue weighted by Gasteiger charge is -2.29. The Hall–Kier alpha value is -1.46. The topological polar surface area (TPSA) is 32.3 Å². The highest BCUT2D eigenvalue weighted by Gasteiger charge is 2.52. The predicted octanol–water partition coefficient (Wildman–Crippen LogP) is 3.63. The second-order valence-electron chi connectivity index (χ2n) is 8.67. The zero-order valence-corrected chi connectivity index (χ0v) is 16.4. The molecule has 5 heteroatoms. The fraction of sp³-hybridized carbons (Fsp3) is 0.619. The first-order valence-corrected chi connectivity index (χ1v) is 10.8. The molecule has 5 rings (SSSR count). The number of rotatable bonds is 6. The molecule has 0 N–H and O–H groups in total. The first-order chi connectivity index (χ1) is 12.7. The Morgan fingerprint density at radius 2 is 1.96 bits per heavy atom. The van der Waals surface area contributed by atoms with Crippen molar-refractivity contribution >= 4 is 16.5 Å². The van der Waals surface area contributed by atoms with Crippen LogP contribution in [0, 0.1) is 24.2 Å². The highest BCUT2D eigenvalue weighted by atomic mass is 32.1. The van der Waals surface area contributed by atoms with Crippen molar-refractivity contribution in [1.29, 1.82) is 0 Å². The Bertz CT molecular complexity index is 756. The molecule has 3 heterocycles. The van der Waals surface area contributed by atoms with E-state index in [9.17, 15) is 0 Å². The molecule has 3 fully saturated rings. The fourth-order valence-electron chi connectivity index (χ4n) is 5.05. The molecule has 1 aliphatic carbocycles. The number of anilines is 1. The maximum absolute atomic E-state index is 4.43. The van der Waals surface area contributed by atoms with Gasteiger partial charge in [0.15, 0.2) is 0 Å². The normalized spacial score (nSPS) is 28.7. The van der Waals surface area contributed by atoms with Gasteiger partial charge in [-0.1, -0.05) is 41.7 Å². The molecule has 0 amide bonds. The largest absolute Gasteiger partial charge is 0.346 e. The molecule has 4 nitrogen and oxygen atoms in total. The van der Waals surface area contributed by atoms with E-state index in [0.717, 1.165) is 35.1 Å². The van der Waals surface area contributed by atoms with E-state index in [1.807, 2.05) is 0 Å². The number of fused-ring (bicyclic) bond motifs is 1. The van der Waals surface area contributed by atoms with E-state index in [4.69, 9.17) is 0 Å². The molecule has 2 unspecified atom stereocenters. The van der Waals surface area contributed by atoms with Gasteiger partial charge >= 0.3 is 0 Å². The monoisotopic (exact) mass is 368 g/mol. The van der Waals surface area contributed by atoms with E-state index in [-0.39, 0.29) is 0 Å². The summed E-state index contributed by atoms with van der Waals surface area (Å²) in [7, 11) is 0. The molecule has 138 valence electrons. The first kappa shape index (κ1) is 16.7. The average molecular weight is 369 g/mol. The van der Waals surface area contributed by atoms with Gasteiger partial charge in [-0.2, -0.15) is 0 Å². The highest BCUT2D eigenvalue weighted by Crippen LogP contribution is 2.48. The molecule has 1 aromatic carbocycles. The van der Waals surface area contributed by atoms with Crippen molar-refractivity contribution in [2.75, 3.05) is 37.6 Å². The van der Waals surface area contributed by atoms with Crippen molar-refractivity contribution in [3.63, 3.8) is 0 Å². The number of nitrogens with zero attached hydrogens (tertiary/aromatic N) is 4. The summed E-state index contributed by atoms with van der Waals surface area (Å²) in [5.41, 5.74) is 1.90. The molecule has 2 aromatic rings. The van der Waals surface area contributed by atoms with Crippen molar-refractivity contribution in [3.05, 3.63) is 40.9 Å². The molecule has 0 spiro atoms. The second-order valence-corrected chi connectivity index (χ2v) is 9.83. The van der Waals surface area contributed by atoms with Crippen molar-refractivity contribution < 1.29 is 0 Å². The van der Waals surface area contributed by atoms with Crippen LogP contribution in [0.2, 0.25) is 0 Å². The summed E-state index contributed by atoms with van der Waals surface area (Å²) in [5, 5.41) is 10.9. The third-order valence-electron chi connectivity index (χ3n) is 6.58. The maximum atomic E-state index is 4.43. The Kier molecular flexibility index (Phi) is 4.24. The standard InChI is InChI=1S/C21H28N4S/c1-16-22-23-20(26-16)25-13-19-12-24(11-18-7-8-18)14-21(19,15-25)10-9-17-5-3-2-4-6-17/h2-6,18-19H,7-15H2,1H3. The van der Waals surface area contributed by atoms with Gasteiger partial charge in [-0.3, -0.25) is 0 Å². The Morgan fingerprint density at radius 3 is 2.69 bits per heavy atom. The Balaban J connectivity index is 1.33. The van der Waals surface area contributed by atoms with Gasteiger partial charge in [-0.15, -0.1) is 10.2 Å². The quantitative estimate of drug-likeness (QED) is 0.779. The predicted molar refractivity (Wildman–Crippen MR) is 107 cm³/mol. The number of aromatic nitrogens is 2. The Labute approximate surface area is 160 Å². The van der Waals surface area contributed by atoms with Crippen LogP contribution in [0.25, 0.3) is 0 Å². The van der Waals surface area contributed by atoms with E-state index in [0.29, 0.717) is 5.41 Å². The van der Waals surface area contributed by atoms with Crippen LogP contribution in [0.5, 0.6) is 0 Å². The highest BCUT2D eigenvalue weighted by molar-refractivity contribution is 7.15. The van der Waals surface area contributed by atoms with Gasteiger partial charge in [0, 0.05) is 38.1 Å². The minimum Gasteiger partial charge on any atom is -0.346 e. The van der Waals surface area contributed by atoms with Crippen molar-refractivity contribution in [2.45, 2.75) is 32.6 Å². The van der Waals surface area contributed by atoms with Gasteiger partial charge in [-0.05, 0) is 50.0 Å². The van der Waals surface area contributed by atoms with Gasteiger partial charge < -0.3 is 9.80 Å². The molecule has 1 saturated carbocycles. The van der Waals surface area contributed by atoms with E-state index in [1.54, 1.807) is 11.3 Å². The van der Waals surface area contributed by atoms with Crippen LogP contribution < -0.4 is 4.90 Å². The lowest BCUT2D eigenvalue weighted by atomic mass is 9.76. The van der Waals surface area contributed by atoms with E-state index < -0.39 is 0 Å². The number of hydrogen-bond acceptors (Lipinski definition) is 5. The van der Waals surface area contributed by atoms with Crippen LogP contribution in [-0.4, -0.2) is 47.8 Å². The van der Waals surface area contributed by atoms with Crippen molar-refractivity contribution in [3.8, 4) is 0 Å². The number of likely N-dealkylation sites (tertiary alicyclic amines) is 1.